The van der Waals surface area contributed by atoms with Crippen LogP contribution in [0.15, 0.2) is 29.1 Å². The van der Waals surface area contributed by atoms with Gasteiger partial charge in [0.1, 0.15) is 12.2 Å². The SMILES string of the molecule is CCn1ncnc1CC(N)c1ncccc1Br. The third-order valence-electron chi connectivity index (χ3n) is 2.54. The van der Waals surface area contributed by atoms with Crippen molar-refractivity contribution in [1.29, 1.82) is 0 Å². The van der Waals surface area contributed by atoms with Crippen LogP contribution in [0.4, 0.5) is 0 Å². The summed E-state index contributed by atoms with van der Waals surface area (Å²) < 4.78 is 2.77. The Labute approximate surface area is 108 Å². The van der Waals surface area contributed by atoms with E-state index in [2.05, 4.69) is 31.0 Å². The van der Waals surface area contributed by atoms with Crippen molar-refractivity contribution in [2.75, 3.05) is 0 Å². The second kappa shape index (κ2) is 5.37. The minimum absolute atomic E-state index is 0.180. The first-order valence-corrected chi connectivity index (χ1v) is 6.24. The molecule has 1 atom stereocenters. The Balaban J connectivity index is 2.17. The average molecular weight is 296 g/mol. The number of nitrogens with zero attached hydrogens (tertiary/aromatic N) is 4. The van der Waals surface area contributed by atoms with Gasteiger partial charge in [-0.25, -0.2) is 4.98 Å². The summed E-state index contributed by atoms with van der Waals surface area (Å²) in [4.78, 5) is 8.50. The highest BCUT2D eigenvalue weighted by Gasteiger charge is 2.14. The lowest BCUT2D eigenvalue weighted by Crippen LogP contribution is -2.18. The Morgan fingerprint density at radius 2 is 2.29 bits per heavy atom. The number of halogens is 1. The molecule has 0 aliphatic rings. The van der Waals surface area contributed by atoms with Gasteiger partial charge in [0.05, 0.1) is 11.7 Å². The average Bonchev–Trinajstić information content (AvgIpc) is 2.76. The van der Waals surface area contributed by atoms with Gasteiger partial charge in [0.25, 0.3) is 0 Å². The van der Waals surface area contributed by atoms with Gasteiger partial charge in [-0.05, 0) is 35.0 Å². The van der Waals surface area contributed by atoms with Crippen molar-refractivity contribution >= 4 is 15.9 Å². The van der Waals surface area contributed by atoms with Crippen molar-refractivity contribution in [2.45, 2.75) is 25.9 Å². The summed E-state index contributed by atoms with van der Waals surface area (Å²) in [7, 11) is 0. The summed E-state index contributed by atoms with van der Waals surface area (Å²) in [6.07, 6.45) is 3.92. The highest BCUT2D eigenvalue weighted by molar-refractivity contribution is 9.10. The number of pyridine rings is 1. The first-order chi connectivity index (χ1) is 8.22. The highest BCUT2D eigenvalue weighted by Crippen LogP contribution is 2.21. The lowest BCUT2D eigenvalue weighted by Gasteiger charge is -2.12. The van der Waals surface area contributed by atoms with E-state index >= 15 is 0 Å². The Morgan fingerprint density at radius 1 is 1.47 bits per heavy atom. The van der Waals surface area contributed by atoms with Crippen molar-refractivity contribution in [1.82, 2.24) is 19.7 Å². The number of nitrogens with two attached hydrogens (primary N) is 1. The predicted molar refractivity (Wildman–Crippen MR) is 68.3 cm³/mol. The molecule has 90 valence electrons. The number of rotatable bonds is 4. The summed E-state index contributed by atoms with van der Waals surface area (Å²) >= 11 is 3.45. The maximum Gasteiger partial charge on any atom is 0.138 e. The van der Waals surface area contributed by atoms with E-state index in [1.165, 1.54) is 0 Å². The Bertz CT molecular complexity index is 496. The van der Waals surface area contributed by atoms with Gasteiger partial charge in [-0.1, -0.05) is 0 Å². The van der Waals surface area contributed by atoms with E-state index in [-0.39, 0.29) is 6.04 Å². The van der Waals surface area contributed by atoms with Gasteiger partial charge in [-0.2, -0.15) is 5.10 Å². The molecule has 0 aliphatic carbocycles. The third-order valence-corrected chi connectivity index (χ3v) is 3.21. The molecule has 2 rings (SSSR count). The van der Waals surface area contributed by atoms with Gasteiger partial charge in [0.2, 0.25) is 0 Å². The second-order valence-electron chi connectivity index (χ2n) is 3.67. The van der Waals surface area contributed by atoms with Gasteiger partial charge in [-0.15, -0.1) is 0 Å². The molecular formula is C11H14BrN5. The smallest absolute Gasteiger partial charge is 0.138 e. The van der Waals surface area contributed by atoms with Crippen LogP contribution < -0.4 is 5.73 Å². The number of hydrogen-bond acceptors (Lipinski definition) is 4. The molecule has 0 fully saturated rings. The molecule has 2 aromatic rings. The van der Waals surface area contributed by atoms with Crippen LogP contribution in [-0.2, 0) is 13.0 Å². The van der Waals surface area contributed by atoms with Gasteiger partial charge in [0.15, 0.2) is 0 Å². The van der Waals surface area contributed by atoms with Crippen LogP contribution in [0.25, 0.3) is 0 Å². The molecule has 0 bridgehead atoms. The molecular weight excluding hydrogens is 282 g/mol. The van der Waals surface area contributed by atoms with Gasteiger partial charge in [0, 0.05) is 23.6 Å². The zero-order valence-electron chi connectivity index (χ0n) is 9.55. The molecule has 0 aromatic carbocycles. The monoisotopic (exact) mass is 295 g/mol. The lowest BCUT2D eigenvalue weighted by molar-refractivity contribution is 0.574. The van der Waals surface area contributed by atoms with Crippen LogP contribution in [0.1, 0.15) is 24.5 Å². The van der Waals surface area contributed by atoms with Crippen LogP contribution in [0.5, 0.6) is 0 Å². The largest absolute Gasteiger partial charge is 0.322 e. The third kappa shape index (κ3) is 2.70. The summed E-state index contributed by atoms with van der Waals surface area (Å²) in [6.45, 7) is 2.83. The maximum absolute atomic E-state index is 6.14. The molecule has 5 nitrogen and oxygen atoms in total. The van der Waals surface area contributed by atoms with Gasteiger partial charge in [-0.3, -0.25) is 9.67 Å². The van der Waals surface area contributed by atoms with E-state index in [0.29, 0.717) is 6.42 Å². The first-order valence-electron chi connectivity index (χ1n) is 5.45. The molecule has 0 radical (unpaired) electrons. The van der Waals surface area contributed by atoms with Crippen LogP contribution in [0, 0.1) is 0 Å². The zero-order valence-corrected chi connectivity index (χ0v) is 11.1. The first kappa shape index (κ1) is 12.2. The van der Waals surface area contributed by atoms with Crippen molar-refractivity contribution in [2.24, 2.45) is 5.73 Å². The second-order valence-corrected chi connectivity index (χ2v) is 4.53. The topological polar surface area (TPSA) is 69.6 Å². The van der Waals surface area contributed by atoms with Crippen molar-refractivity contribution in [3.8, 4) is 0 Å². The van der Waals surface area contributed by atoms with Crippen LogP contribution >= 0.6 is 15.9 Å². The molecule has 6 heteroatoms. The van der Waals surface area contributed by atoms with Crippen molar-refractivity contribution in [3.05, 3.63) is 40.6 Å². The molecule has 0 spiro atoms. The lowest BCUT2D eigenvalue weighted by atomic mass is 10.1. The predicted octanol–water partition coefficient (Wildman–Crippen LogP) is 1.70. The number of aromatic nitrogens is 4. The Hall–Kier alpha value is -1.27. The summed E-state index contributed by atoms with van der Waals surface area (Å²) in [6, 6.07) is 3.63. The van der Waals surface area contributed by atoms with E-state index in [1.807, 2.05) is 23.7 Å². The molecule has 2 heterocycles. The van der Waals surface area contributed by atoms with Crippen molar-refractivity contribution in [3.63, 3.8) is 0 Å². The van der Waals surface area contributed by atoms with Crippen LogP contribution in [-0.4, -0.2) is 19.7 Å². The fraction of sp³-hybridized carbons (Fsp3) is 0.364. The van der Waals surface area contributed by atoms with E-state index < -0.39 is 0 Å². The Kier molecular flexibility index (Phi) is 3.86. The molecule has 2 aromatic heterocycles. The van der Waals surface area contributed by atoms with E-state index in [9.17, 15) is 0 Å². The molecule has 17 heavy (non-hydrogen) atoms. The van der Waals surface area contributed by atoms with E-state index in [1.54, 1.807) is 12.5 Å². The molecule has 0 amide bonds. The molecule has 0 saturated heterocycles. The fourth-order valence-electron chi connectivity index (χ4n) is 1.67. The fourth-order valence-corrected chi connectivity index (χ4v) is 2.22. The summed E-state index contributed by atoms with van der Waals surface area (Å²) in [5, 5.41) is 4.12. The minimum atomic E-state index is -0.180. The molecule has 1 unspecified atom stereocenters. The zero-order chi connectivity index (χ0) is 12.3. The molecule has 2 N–H and O–H groups in total. The van der Waals surface area contributed by atoms with Gasteiger partial charge >= 0.3 is 0 Å². The van der Waals surface area contributed by atoms with E-state index in [4.69, 9.17) is 5.73 Å². The molecule has 0 aliphatic heterocycles. The minimum Gasteiger partial charge on any atom is -0.322 e. The normalized spacial score (nSPS) is 12.6. The summed E-state index contributed by atoms with van der Waals surface area (Å²) in [5.41, 5.74) is 6.98. The van der Waals surface area contributed by atoms with Gasteiger partial charge < -0.3 is 5.73 Å². The maximum atomic E-state index is 6.14. The van der Waals surface area contributed by atoms with Crippen molar-refractivity contribution < 1.29 is 0 Å². The Morgan fingerprint density at radius 3 is 3.00 bits per heavy atom. The number of hydrogen-bond donors (Lipinski definition) is 1. The quantitative estimate of drug-likeness (QED) is 0.932. The molecule has 0 saturated carbocycles. The highest BCUT2D eigenvalue weighted by atomic mass is 79.9. The summed E-state index contributed by atoms with van der Waals surface area (Å²) in [5.74, 6) is 0.887. The van der Waals surface area contributed by atoms with E-state index in [0.717, 1.165) is 22.5 Å². The van der Waals surface area contributed by atoms with Crippen LogP contribution in [0.3, 0.4) is 0 Å². The number of aryl methyl sites for hydroxylation is 1. The standard InChI is InChI=1S/C11H14BrN5/c1-2-17-10(15-7-16-17)6-9(13)11-8(12)4-3-5-14-11/h3-5,7,9H,2,6,13H2,1H3. The van der Waals surface area contributed by atoms with Crippen LogP contribution in [0.2, 0.25) is 0 Å².